The Morgan fingerprint density at radius 3 is 2.55 bits per heavy atom. The van der Waals surface area contributed by atoms with Gasteiger partial charge in [0.1, 0.15) is 0 Å². The minimum absolute atomic E-state index is 0.602. The Morgan fingerprint density at radius 2 is 1.90 bits per heavy atom. The second-order valence-corrected chi connectivity index (χ2v) is 6.15. The van der Waals surface area contributed by atoms with Crippen molar-refractivity contribution < 1.29 is 0 Å². The van der Waals surface area contributed by atoms with Gasteiger partial charge in [-0.15, -0.1) is 0 Å². The van der Waals surface area contributed by atoms with E-state index in [0.717, 1.165) is 26.3 Å². The zero-order valence-corrected chi connectivity index (χ0v) is 14.1. The van der Waals surface area contributed by atoms with Gasteiger partial charge in [0.05, 0.1) is 0 Å². The molecule has 2 rings (SSSR count). The molecular formula is C15H14BrClN2S. The van der Waals surface area contributed by atoms with E-state index in [-0.39, 0.29) is 0 Å². The molecule has 0 fully saturated rings. The van der Waals surface area contributed by atoms with E-state index in [1.807, 2.05) is 49.4 Å². The Balaban J connectivity index is 1.90. The summed E-state index contributed by atoms with van der Waals surface area (Å²) in [5.74, 6) is 0. The van der Waals surface area contributed by atoms with Crippen molar-refractivity contribution in [3.05, 3.63) is 63.1 Å². The molecule has 2 N–H and O–H groups in total. The highest BCUT2D eigenvalue weighted by Crippen LogP contribution is 2.19. The number of nitrogens with one attached hydrogen (secondary N) is 2. The van der Waals surface area contributed by atoms with Gasteiger partial charge in [0.2, 0.25) is 0 Å². The molecule has 0 amide bonds. The van der Waals surface area contributed by atoms with Gasteiger partial charge < -0.3 is 10.6 Å². The normalized spacial score (nSPS) is 10.2. The number of benzene rings is 2. The van der Waals surface area contributed by atoms with Crippen LogP contribution in [0.3, 0.4) is 0 Å². The molecule has 2 aromatic carbocycles. The number of rotatable bonds is 3. The Morgan fingerprint density at radius 1 is 1.20 bits per heavy atom. The second-order valence-electron chi connectivity index (χ2n) is 4.39. The molecule has 2 nitrogen and oxygen atoms in total. The molecule has 0 aromatic heterocycles. The van der Waals surface area contributed by atoms with Crippen LogP contribution in [0.25, 0.3) is 0 Å². The SMILES string of the molecule is Cc1cc(Br)ccc1NC(=S)NCc1ccc(Cl)cc1. The molecule has 5 heteroatoms. The molecule has 0 bridgehead atoms. The molecule has 0 aliphatic carbocycles. The molecular weight excluding hydrogens is 356 g/mol. The van der Waals surface area contributed by atoms with E-state index in [0.29, 0.717) is 11.7 Å². The Kier molecular flexibility index (Phi) is 5.40. The molecule has 0 aliphatic heterocycles. The molecule has 20 heavy (non-hydrogen) atoms. The fraction of sp³-hybridized carbons (Fsp3) is 0.133. The molecule has 0 aliphatic rings. The minimum Gasteiger partial charge on any atom is -0.358 e. The summed E-state index contributed by atoms with van der Waals surface area (Å²) in [6.07, 6.45) is 0. The topological polar surface area (TPSA) is 24.1 Å². The summed E-state index contributed by atoms with van der Waals surface area (Å²) in [4.78, 5) is 0. The molecule has 0 heterocycles. The highest BCUT2D eigenvalue weighted by molar-refractivity contribution is 9.10. The van der Waals surface area contributed by atoms with Gasteiger partial charge in [-0.2, -0.15) is 0 Å². The van der Waals surface area contributed by atoms with Gasteiger partial charge in [-0.1, -0.05) is 39.7 Å². The predicted octanol–water partition coefficient (Wildman–Crippen LogP) is 4.90. The van der Waals surface area contributed by atoms with E-state index in [1.165, 1.54) is 0 Å². The van der Waals surface area contributed by atoms with Gasteiger partial charge in [0, 0.05) is 21.7 Å². The average Bonchev–Trinajstić information content (AvgIpc) is 2.41. The molecule has 0 saturated heterocycles. The van der Waals surface area contributed by atoms with Crippen LogP contribution in [0.1, 0.15) is 11.1 Å². The van der Waals surface area contributed by atoms with Gasteiger partial charge in [-0.05, 0) is 60.6 Å². The summed E-state index contributed by atoms with van der Waals surface area (Å²) >= 11 is 14.6. The van der Waals surface area contributed by atoms with Gasteiger partial charge in [-0.25, -0.2) is 0 Å². The zero-order valence-electron chi connectivity index (χ0n) is 10.9. The lowest BCUT2D eigenvalue weighted by Crippen LogP contribution is -2.28. The lowest BCUT2D eigenvalue weighted by molar-refractivity contribution is 0.926. The van der Waals surface area contributed by atoms with E-state index >= 15 is 0 Å². The summed E-state index contributed by atoms with van der Waals surface area (Å²) in [5, 5.41) is 7.70. The van der Waals surface area contributed by atoms with Crippen molar-refractivity contribution in [3.8, 4) is 0 Å². The van der Waals surface area contributed by atoms with Crippen LogP contribution in [0.5, 0.6) is 0 Å². The fourth-order valence-corrected chi connectivity index (χ4v) is 2.50. The first kappa shape index (κ1) is 15.3. The molecule has 104 valence electrons. The largest absolute Gasteiger partial charge is 0.358 e. The Bertz CT molecular complexity index is 614. The van der Waals surface area contributed by atoms with Crippen molar-refractivity contribution >= 4 is 50.5 Å². The van der Waals surface area contributed by atoms with E-state index in [9.17, 15) is 0 Å². The average molecular weight is 370 g/mol. The summed E-state index contributed by atoms with van der Waals surface area (Å²) < 4.78 is 1.06. The number of hydrogen-bond acceptors (Lipinski definition) is 1. The third-order valence-corrected chi connectivity index (χ3v) is 3.79. The summed E-state index contributed by atoms with van der Waals surface area (Å²) in [7, 11) is 0. The second kappa shape index (κ2) is 7.07. The van der Waals surface area contributed by atoms with Crippen molar-refractivity contribution in [2.75, 3.05) is 5.32 Å². The standard InChI is InChI=1S/C15H14BrClN2S/c1-10-8-12(16)4-7-14(10)19-15(20)18-9-11-2-5-13(17)6-3-11/h2-8H,9H2,1H3,(H2,18,19,20). The highest BCUT2D eigenvalue weighted by Gasteiger charge is 2.02. The third-order valence-electron chi connectivity index (χ3n) is 2.80. The van der Waals surface area contributed by atoms with Gasteiger partial charge >= 0.3 is 0 Å². The van der Waals surface area contributed by atoms with Crippen LogP contribution in [0.2, 0.25) is 5.02 Å². The first-order valence-corrected chi connectivity index (χ1v) is 7.68. The van der Waals surface area contributed by atoms with Crippen LogP contribution in [-0.4, -0.2) is 5.11 Å². The van der Waals surface area contributed by atoms with Crippen LogP contribution in [0, 0.1) is 6.92 Å². The summed E-state index contributed by atoms with van der Waals surface area (Å²) in [6, 6.07) is 13.7. The number of aryl methyl sites for hydroxylation is 1. The van der Waals surface area contributed by atoms with Crippen LogP contribution < -0.4 is 10.6 Å². The number of halogens is 2. The fourth-order valence-electron chi connectivity index (χ4n) is 1.72. The van der Waals surface area contributed by atoms with Gasteiger partial charge in [0.25, 0.3) is 0 Å². The van der Waals surface area contributed by atoms with Gasteiger partial charge in [-0.3, -0.25) is 0 Å². The molecule has 0 unspecified atom stereocenters. The van der Waals surface area contributed by atoms with Crippen LogP contribution in [-0.2, 0) is 6.54 Å². The van der Waals surface area contributed by atoms with Crippen molar-refractivity contribution in [1.29, 1.82) is 0 Å². The number of hydrogen-bond donors (Lipinski definition) is 2. The first-order valence-electron chi connectivity index (χ1n) is 6.10. The lowest BCUT2D eigenvalue weighted by atomic mass is 10.2. The molecule has 0 atom stereocenters. The Labute approximate surface area is 137 Å². The maximum Gasteiger partial charge on any atom is 0.171 e. The summed E-state index contributed by atoms with van der Waals surface area (Å²) in [6.45, 7) is 2.70. The molecule has 0 saturated carbocycles. The zero-order chi connectivity index (χ0) is 14.5. The third kappa shape index (κ3) is 4.47. The van der Waals surface area contributed by atoms with Crippen LogP contribution >= 0.6 is 39.7 Å². The van der Waals surface area contributed by atoms with Crippen LogP contribution in [0.15, 0.2) is 46.9 Å². The first-order chi connectivity index (χ1) is 9.54. The van der Waals surface area contributed by atoms with Crippen molar-refractivity contribution in [2.45, 2.75) is 13.5 Å². The predicted molar refractivity (Wildman–Crippen MR) is 93.4 cm³/mol. The summed E-state index contributed by atoms with van der Waals surface area (Å²) in [5.41, 5.74) is 3.27. The van der Waals surface area contributed by atoms with Crippen molar-refractivity contribution in [2.24, 2.45) is 0 Å². The molecule has 0 radical (unpaired) electrons. The molecule has 2 aromatic rings. The Hall–Kier alpha value is -1.10. The van der Waals surface area contributed by atoms with E-state index < -0.39 is 0 Å². The van der Waals surface area contributed by atoms with Crippen molar-refractivity contribution in [1.82, 2.24) is 5.32 Å². The van der Waals surface area contributed by atoms with E-state index in [4.69, 9.17) is 23.8 Å². The lowest BCUT2D eigenvalue weighted by Gasteiger charge is -2.12. The smallest absolute Gasteiger partial charge is 0.171 e. The van der Waals surface area contributed by atoms with E-state index in [1.54, 1.807) is 0 Å². The van der Waals surface area contributed by atoms with Crippen LogP contribution in [0.4, 0.5) is 5.69 Å². The molecule has 0 spiro atoms. The minimum atomic E-state index is 0.602. The van der Waals surface area contributed by atoms with Gasteiger partial charge in [0.15, 0.2) is 5.11 Å². The van der Waals surface area contributed by atoms with E-state index in [2.05, 4.69) is 26.6 Å². The highest BCUT2D eigenvalue weighted by atomic mass is 79.9. The number of thiocarbonyl (C=S) groups is 1. The maximum absolute atomic E-state index is 5.85. The monoisotopic (exact) mass is 368 g/mol. The maximum atomic E-state index is 5.85. The van der Waals surface area contributed by atoms with Crippen molar-refractivity contribution in [3.63, 3.8) is 0 Å². The number of anilines is 1. The quantitative estimate of drug-likeness (QED) is 0.753.